The van der Waals surface area contributed by atoms with Gasteiger partial charge in [-0.15, -0.1) is 11.3 Å². The molecule has 1 amide bonds. The Morgan fingerprint density at radius 1 is 1.36 bits per heavy atom. The highest BCUT2D eigenvalue weighted by Crippen LogP contribution is 2.47. The molecule has 0 radical (unpaired) electrons. The van der Waals surface area contributed by atoms with Gasteiger partial charge in [-0.2, -0.15) is 0 Å². The summed E-state index contributed by atoms with van der Waals surface area (Å²) < 4.78 is 5.38. The topological polar surface area (TPSA) is 42.2 Å². The number of hydrogen-bond donors (Lipinski definition) is 0. The van der Waals surface area contributed by atoms with E-state index in [0.29, 0.717) is 13.2 Å². The highest BCUT2D eigenvalue weighted by Gasteiger charge is 2.64. The number of aryl methyl sites for hydroxylation is 1. The maximum absolute atomic E-state index is 12.2. The zero-order chi connectivity index (χ0) is 15.2. The highest BCUT2D eigenvalue weighted by atomic mass is 32.1. The van der Waals surface area contributed by atoms with Crippen molar-refractivity contribution in [1.29, 1.82) is 0 Å². The molecule has 0 aliphatic carbocycles. The van der Waals surface area contributed by atoms with E-state index >= 15 is 0 Å². The lowest BCUT2D eigenvalue weighted by molar-refractivity contribution is -0.112. The molecule has 114 valence electrons. The van der Waals surface area contributed by atoms with Crippen LogP contribution in [-0.4, -0.2) is 29.6 Å². The van der Waals surface area contributed by atoms with Crippen LogP contribution in [0.5, 0.6) is 0 Å². The fourth-order valence-electron chi connectivity index (χ4n) is 3.22. The molecule has 2 aromatic rings. The van der Waals surface area contributed by atoms with Gasteiger partial charge in [-0.25, -0.2) is 4.98 Å². The van der Waals surface area contributed by atoms with Crippen LogP contribution in [0.2, 0.25) is 0 Å². The smallest absolute Gasteiger partial charge is 0.256 e. The molecule has 2 aliphatic heterocycles. The van der Waals surface area contributed by atoms with Crippen LogP contribution < -0.4 is 4.90 Å². The Hall–Kier alpha value is -1.72. The Morgan fingerprint density at radius 2 is 2.18 bits per heavy atom. The van der Waals surface area contributed by atoms with E-state index in [1.54, 1.807) is 11.3 Å². The minimum atomic E-state index is -0.309. The predicted octanol–water partition coefficient (Wildman–Crippen LogP) is 2.94. The molecule has 2 saturated heterocycles. The number of carbonyl (C=O) groups excluding carboxylic acids is 1. The normalized spacial score (nSPS) is 19.7. The molecule has 1 aromatic heterocycles. The molecule has 0 saturated carbocycles. The molecule has 2 aliphatic rings. The average Bonchev–Trinajstić information content (AvgIpc) is 2.85. The lowest BCUT2D eigenvalue weighted by atomic mass is 10.0. The van der Waals surface area contributed by atoms with E-state index in [2.05, 4.69) is 36.2 Å². The molecule has 0 unspecified atom stereocenters. The first-order valence-electron chi connectivity index (χ1n) is 7.62. The van der Waals surface area contributed by atoms with Gasteiger partial charge in [0, 0.05) is 43.6 Å². The van der Waals surface area contributed by atoms with E-state index in [4.69, 9.17) is 4.74 Å². The van der Waals surface area contributed by atoms with Gasteiger partial charge in [-0.3, -0.25) is 9.69 Å². The average molecular weight is 314 g/mol. The maximum Gasteiger partial charge on any atom is 0.256 e. The molecule has 2 fully saturated rings. The molecule has 4 nitrogen and oxygen atoms in total. The molecule has 3 heterocycles. The lowest BCUT2D eigenvalue weighted by Gasteiger charge is -2.19. The van der Waals surface area contributed by atoms with Crippen LogP contribution in [-0.2, 0) is 16.0 Å². The fraction of sp³-hybridized carbons (Fsp3) is 0.412. The third-order valence-corrected chi connectivity index (χ3v) is 5.48. The summed E-state index contributed by atoms with van der Waals surface area (Å²) in [5, 5.41) is 0.842. The molecular formula is C17H18N2O2S. The summed E-state index contributed by atoms with van der Waals surface area (Å²) in [5.74, 6) is 0.215. The van der Waals surface area contributed by atoms with Crippen LogP contribution in [0, 0.1) is 6.92 Å². The number of nitrogens with zero attached hydrogens (tertiary/aromatic N) is 2. The third-order valence-electron chi connectivity index (χ3n) is 4.49. The van der Waals surface area contributed by atoms with Gasteiger partial charge in [0.05, 0.1) is 0 Å². The van der Waals surface area contributed by atoms with Crippen molar-refractivity contribution in [2.45, 2.75) is 31.7 Å². The van der Waals surface area contributed by atoms with Gasteiger partial charge in [0.1, 0.15) is 5.54 Å². The Balaban J connectivity index is 1.52. The minimum absolute atomic E-state index is 0.215. The Labute approximate surface area is 133 Å². The summed E-state index contributed by atoms with van der Waals surface area (Å²) in [6.45, 7) is 3.44. The summed E-state index contributed by atoms with van der Waals surface area (Å²) in [6, 6.07) is 8.51. The van der Waals surface area contributed by atoms with Crippen LogP contribution in [0.3, 0.4) is 0 Å². The fourth-order valence-corrected chi connectivity index (χ4v) is 4.25. The van der Waals surface area contributed by atoms with Crippen molar-refractivity contribution in [2.24, 2.45) is 0 Å². The van der Waals surface area contributed by atoms with Crippen LogP contribution in [0.25, 0.3) is 0 Å². The van der Waals surface area contributed by atoms with E-state index in [1.165, 1.54) is 16.0 Å². The van der Waals surface area contributed by atoms with Crippen molar-refractivity contribution in [3.8, 4) is 0 Å². The van der Waals surface area contributed by atoms with Crippen molar-refractivity contribution in [2.75, 3.05) is 18.1 Å². The largest absolute Gasteiger partial charge is 0.381 e. The summed E-state index contributed by atoms with van der Waals surface area (Å²) >= 11 is 1.63. The van der Waals surface area contributed by atoms with Crippen molar-refractivity contribution < 1.29 is 9.53 Å². The van der Waals surface area contributed by atoms with Crippen LogP contribution in [0.4, 0.5) is 5.13 Å². The molecule has 0 N–H and O–H groups in total. The van der Waals surface area contributed by atoms with Crippen LogP contribution in [0.15, 0.2) is 30.5 Å². The van der Waals surface area contributed by atoms with Gasteiger partial charge in [-0.05, 0) is 12.5 Å². The molecule has 1 spiro atoms. The predicted molar refractivity (Wildman–Crippen MR) is 86.4 cm³/mol. The summed E-state index contributed by atoms with van der Waals surface area (Å²) in [7, 11) is 0. The Morgan fingerprint density at radius 3 is 2.95 bits per heavy atom. The Bertz CT molecular complexity index is 719. The summed E-state index contributed by atoms with van der Waals surface area (Å²) in [5.41, 5.74) is 2.24. The monoisotopic (exact) mass is 314 g/mol. The zero-order valence-corrected chi connectivity index (χ0v) is 13.4. The van der Waals surface area contributed by atoms with Crippen molar-refractivity contribution in [3.63, 3.8) is 0 Å². The zero-order valence-electron chi connectivity index (χ0n) is 12.5. The van der Waals surface area contributed by atoms with Crippen molar-refractivity contribution >= 4 is 22.4 Å². The first-order chi connectivity index (χ1) is 10.7. The number of anilines is 1. The van der Waals surface area contributed by atoms with E-state index < -0.39 is 0 Å². The Kier molecular flexibility index (Phi) is 3.27. The minimum Gasteiger partial charge on any atom is -0.381 e. The molecule has 22 heavy (non-hydrogen) atoms. The first-order valence-corrected chi connectivity index (χ1v) is 8.43. The maximum atomic E-state index is 12.2. The van der Waals surface area contributed by atoms with Gasteiger partial charge in [0.2, 0.25) is 0 Å². The molecule has 5 heteroatoms. The number of benzene rings is 1. The second-order valence-corrected chi connectivity index (χ2v) is 7.15. The number of rotatable bonds is 3. The number of amides is 1. The number of carbonyl (C=O) groups is 1. The second-order valence-electron chi connectivity index (χ2n) is 6.06. The number of thiazole rings is 1. The van der Waals surface area contributed by atoms with Crippen molar-refractivity contribution in [1.82, 2.24) is 4.98 Å². The van der Waals surface area contributed by atoms with E-state index in [-0.39, 0.29) is 11.4 Å². The van der Waals surface area contributed by atoms with Crippen molar-refractivity contribution in [3.05, 3.63) is 46.5 Å². The standard InChI is InChI=1S/C17H18N2O2S/c1-12-3-2-4-13(9-12)10-14-11-18-16(22-14)19-15(20)17(19)5-7-21-8-6-17/h2-4,9,11H,5-8,10H2,1H3. The molecule has 1 aromatic carbocycles. The SMILES string of the molecule is Cc1cccc(Cc2cnc(N3C(=O)C34CCOCC4)s2)c1. The van der Waals surface area contributed by atoms with Crippen LogP contribution >= 0.6 is 11.3 Å². The van der Waals surface area contributed by atoms with Gasteiger partial charge in [-0.1, -0.05) is 29.8 Å². The summed E-state index contributed by atoms with van der Waals surface area (Å²) in [6.07, 6.45) is 4.36. The van der Waals surface area contributed by atoms with Gasteiger partial charge >= 0.3 is 0 Å². The van der Waals surface area contributed by atoms with Gasteiger partial charge in [0.15, 0.2) is 5.13 Å². The quantitative estimate of drug-likeness (QED) is 0.818. The van der Waals surface area contributed by atoms with Gasteiger partial charge in [0.25, 0.3) is 5.91 Å². The van der Waals surface area contributed by atoms with E-state index in [1.807, 2.05) is 11.1 Å². The number of hydrogen-bond acceptors (Lipinski definition) is 4. The molecular weight excluding hydrogens is 296 g/mol. The lowest BCUT2D eigenvalue weighted by Crippen LogP contribution is -2.28. The first kappa shape index (κ1) is 13.9. The van der Waals surface area contributed by atoms with E-state index in [9.17, 15) is 4.79 Å². The highest BCUT2D eigenvalue weighted by molar-refractivity contribution is 7.16. The number of ether oxygens (including phenoxy) is 1. The molecule has 4 rings (SSSR count). The molecule has 0 atom stereocenters. The van der Waals surface area contributed by atoms with E-state index in [0.717, 1.165) is 24.4 Å². The summed E-state index contributed by atoms with van der Waals surface area (Å²) in [4.78, 5) is 19.8. The second kappa shape index (κ2) is 5.18. The van der Waals surface area contributed by atoms with Gasteiger partial charge < -0.3 is 4.74 Å². The van der Waals surface area contributed by atoms with Crippen LogP contribution in [0.1, 0.15) is 28.8 Å². The number of aromatic nitrogens is 1. The third kappa shape index (κ3) is 2.25. The molecule has 0 bridgehead atoms.